The van der Waals surface area contributed by atoms with E-state index in [1.54, 1.807) is 0 Å². The molecule has 2 nitrogen and oxygen atoms in total. The summed E-state index contributed by atoms with van der Waals surface area (Å²) in [5.74, 6) is 0. The summed E-state index contributed by atoms with van der Waals surface area (Å²) in [6, 6.07) is 28.1. The molecular weight excluding hydrogens is 458 g/mol. The monoisotopic (exact) mass is 508 g/mol. The minimum atomic E-state index is -0.0187. The fourth-order valence-corrected chi connectivity index (χ4v) is 5.83. The van der Waals surface area contributed by atoms with Gasteiger partial charge in [0.05, 0.1) is 0 Å². The van der Waals surface area contributed by atoms with Gasteiger partial charge in [-0.1, -0.05) is 101 Å². The zero-order valence-corrected chi connectivity index (χ0v) is 25.5. The number of hydrogen-bond donors (Lipinski definition) is 0. The maximum absolute atomic E-state index is 2.54. The SMILES string of the molecule is BC(CCCCC)(c1ccc(N(C)C)cc1)c1cccc(C(B)(CCCCC)c2ccc(N(C)C)cc2)c1. The van der Waals surface area contributed by atoms with Gasteiger partial charge in [-0.3, -0.25) is 0 Å². The summed E-state index contributed by atoms with van der Waals surface area (Å²) in [5.41, 5.74) is 8.22. The zero-order valence-electron chi connectivity index (χ0n) is 25.5. The second kappa shape index (κ2) is 13.5. The molecule has 3 rings (SSSR count). The van der Waals surface area contributed by atoms with Gasteiger partial charge in [0.25, 0.3) is 0 Å². The van der Waals surface area contributed by atoms with E-state index in [4.69, 9.17) is 0 Å². The van der Waals surface area contributed by atoms with Crippen LogP contribution < -0.4 is 9.80 Å². The van der Waals surface area contributed by atoms with Crippen molar-refractivity contribution in [1.29, 1.82) is 0 Å². The van der Waals surface area contributed by atoms with E-state index >= 15 is 0 Å². The molecule has 0 N–H and O–H groups in total. The highest BCUT2D eigenvalue weighted by Crippen LogP contribution is 2.40. The van der Waals surface area contributed by atoms with Crippen molar-refractivity contribution in [2.75, 3.05) is 38.0 Å². The number of nitrogens with zero attached hydrogens (tertiary/aromatic N) is 2. The molecule has 2 atom stereocenters. The maximum Gasteiger partial charge on any atom is 0.120 e. The van der Waals surface area contributed by atoms with Crippen LogP contribution in [-0.4, -0.2) is 43.9 Å². The summed E-state index contributed by atoms with van der Waals surface area (Å²) < 4.78 is 0. The van der Waals surface area contributed by atoms with Crippen LogP contribution in [0.2, 0.25) is 0 Å². The molecule has 0 aromatic heterocycles. The highest BCUT2D eigenvalue weighted by molar-refractivity contribution is 6.19. The van der Waals surface area contributed by atoms with E-state index in [0.29, 0.717) is 0 Å². The predicted molar refractivity (Wildman–Crippen MR) is 175 cm³/mol. The quantitative estimate of drug-likeness (QED) is 0.176. The summed E-state index contributed by atoms with van der Waals surface area (Å²) >= 11 is 0. The molecule has 0 aliphatic carbocycles. The molecule has 0 spiro atoms. The van der Waals surface area contributed by atoms with Crippen LogP contribution in [0.15, 0.2) is 72.8 Å². The molecule has 0 saturated carbocycles. The van der Waals surface area contributed by atoms with Crippen molar-refractivity contribution in [2.45, 2.75) is 75.8 Å². The number of anilines is 2. The summed E-state index contributed by atoms with van der Waals surface area (Å²) in [7, 11) is 13.4. The molecule has 0 aliphatic heterocycles. The van der Waals surface area contributed by atoms with E-state index in [9.17, 15) is 0 Å². The van der Waals surface area contributed by atoms with Crippen LogP contribution in [0.3, 0.4) is 0 Å². The van der Waals surface area contributed by atoms with Gasteiger partial charge in [-0.05, 0) is 70.0 Å². The van der Waals surface area contributed by atoms with Crippen molar-refractivity contribution in [1.82, 2.24) is 0 Å². The minimum absolute atomic E-state index is 0.0187. The van der Waals surface area contributed by atoms with Gasteiger partial charge >= 0.3 is 0 Å². The van der Waals surface area contributed by atoms with Crippen molar-refractivity contribution in [3.63, 3.8) is 0 Å². The first-order valence-corrected chi connectivity index (χ1v) is 14.8. The van der Waals surface area contributed by atoms with Crippen LogP contribution in [0, 0.1) is 0 Å². The summed E-state index contributed by atoms with van der Waals surface area (Å²) in [4.78, 5) is 4.37. The third-order valence-electron chi connectivity index (χ3n) is 8.74. The third kappa shape index (κ3) is 6.87. The van der Waals surface area contributed by atoms with E-state index in [-0.39, 0.29) is 10.6 Å². The molecule has 0 heterocycles. The lowest BCUT2D eigenvalue weighted by Crippen LogP contribution is -2.31. The van der Waals surface area contributed by atoms with Gasteiger partial charge in [0, 0.05) is 39.6 Å². The molecule has 4 heteroatoms. The van der Waals surface area contributed by atoms with E-state index < -0.39 is 0 Å². The van der Waals surface area contributed by atoms with Gasteiger partial charge in [0.2, 0.25) is 0 Å². The third-order valence-corrected chi connectivity index (χ3v) is 8.74. The lowest BCUT2D eigenvalue weighted by molar-refractivity contribution is 0.564. The fourth-order valence-electron chi connectivity index (χ4n) is 5.83. The molecule has 0 amide bonds. The van der Waals surface area contributed by atoms with Gasteiger partial charge in [-0.25, -0.2) is 0 Å². The highest BCUT2D eigenvalue weighted by Gasteiger charge is 2.33. The Kier molecular flexibility index (Phi) is 10.6. The first kappa shape index (κ1) is 29.9. The molecule has 0 bridgehead atoms. The largest absolute Gasteiger partial charge is 0.378 e. The van der Waals surface area contributed by atoms with Crippen LogP contribution in [0.5, 0.6) is 0 Å². The van der Waals surface area contributed by atoms with Crippen LogP contribution in [-0.2, 0) is 10.6 Å². The Labute approximate surface area is 235 Å². The van der Waals surface area contributed by atoms with Gasteiger partial charge in [0.15, 0.2) is 0 Å². The number of hydrogen-bond acceptors (Lipinski definition) is 2. The van der Waals surface area contributed by atoms with Gasteiger partial charge in [-0.15, -0.1) is 0 Å². The molecule has 2 unspecified atom stereocenters. The van der Waals surface area contributed by atoms with Crippen LogP contribution >= 0.6 is 0 Å². The number of benzene rings is 3. The van der Waals surface area contributed by atoms with Crippen molar-refractivity contribution in [3.05, 3.63) is 95.1 Å². The van der Waals surface area contributed by atoms with E-state index in [1.165, 1.54) is 72.2 Å². The first-order valence-electron chi connectivity index (χ1n) is 14.8. The number of unbranched alkanes of at least 4 members (excludes halogenated alkanes) is 4. The Balaban J connectivity index is 2.09. The van der Waals surface area contributed by atoms with Crippen molar-refractivity contribution in [3.8, 4) is 0 Å². The van der Waals surface area contributed by atoms with Gasteiger partial charge < -0.3 is 9.80 Å². The maximum atomic E-state index is 2.54. The van der Waals surface area contributed by atoms with Gasteiger partial charge in [-0.2, -0.15) is 0 Å². The van der Waals surface area contributed by atoms with Crippen LogP contribution in [0.1, 0.15) is 87.5 Å². The molecule has 38 heavy (non-hydrogen) atoms. The van der Waals surface area contributed by atoms with E-state index in [1.807, 2.05) is 0 Å². The molecule has 0 radical (unpaired) electrons. The van der Waals surface area contributed by atoms with Crippen molar-refractivity contribution in [2.24, 2.45) is 0 Å². The zero-order chi connectivity index (χ0) is 27.8. The van der Waals surface area contributed by atoms with Crippen molar-refractivity contribution >= 4 is 27.1 Å². The average Bonchev–Trinajstić information content (AvgIpc) is 2.93. The summed E-state index contributed by atoms with van der Waals surface area (Å²) in [6.07, 6.45) is 9.85. The van der Waals surface area contributed by atoms with E-state index in [0.717, 1.165) is 12.8 Å². The average molecular weight is 508 g/mol. The first-order chi connectivity index (χ1) is 18.2. The molecule has 0 saturated heterocycles. The van der Waals surface area contributed by atoms with Crippen LogP contribution in [0.4, 0.5) is 11.4 Å². The molecule has 0 fully saturated rings. The Hall–Kier alpha value is -2.61. The Morgan fingerprint density at radius 1 is 0.526 bits per heavy atom. The fraction of sp³-hybridized carbons (Fsp3) is 0.471. The Morgan fingerprint density at radius 3 is 1.21 bits per heavy atom. The molecule has 3 aromatic carbocycles. The summed E-state index contributed by atoms with van der Waals surface area (Å²) in [5, 5.41) is -0.0374. The lowest BCUT2D eigenvalue weighted by Gasteiger charge is -2.36. The molecule has 3 aromatic rings. The predicted octanol–water partition coefficient (Wildman–Crippen LogP) is 6.73. The summed E-state index contributed by atoms with van der Waals surface area (Å²) in [6.45, 7) is 4.60. The molecular formula is C34H50B2N2. The number of rotatable bonds is 14. The normalized spacial score (nSPS) is 14.5. The minimum Gasteiger partial charge on any atom is -0.378 e. The Morgan fingerprint density at radius 2 is 0.895 bits per heavy atom. The highest BCUT2D eigenvalue weighted by atomic mass is 15.1. The van der Waals surface area contributed by atoms with Crippen molar-refractivity contribution < 1.29 is 0 Å². The van der Waals surface area contributed by atoms with Gasteiger partial charge in [0.1, 0.15) is 15.7 Å². The topological polar surface area (TPSA) is 6.48 Å². The lowest BCUT2D eigenvalue weighted by atomic mass is 9.54. The molecule has 0 aliphatic rings. The second-order valence-corrected chi connectivity index (χ2v) is 12.0. The van der Waals surface area contributed by atoms with E-state index in [2.05, 4.69) is 140 Å². The Bertz CT molecular complexity index is 1040. The van der Waals surface area contributed by atoms with Crippen LogP contribution in [0.25, 0.3) is 0 Å². The second-order valence-electron chi connectivity index (χ2n) is 12.0. The smallest absolute Gasteiger partial charge is 0.120 e. The standard InChI is InChI=1S/C34H50B2N2/c1-7-9-11-24-33(35,27-16-20-31(21-17-27)37(3)4)29-14-13-15-30(26-29)34(36,25-12-10-8-2)28-18-22-32(23-19-28)38(5)6/h13-23,26H,7-12,24-25,35-36H2,1-6H3. The molecule has 202 valence electrons.